The lowest BCUT2D eigenvalue weighted by molar-refractivity contribution is -0.162. The zero-order valence-electron chi connectivity index (χ0n) is 18.2. The smallest absolute Gasteiger partial charge is 0.353 e. The van der Waals surface area contributed by atoms with Crippen molar-refractivity contribution in [3.05, 3.63) is 40.9 Å². The van der Waals surface area contributed by atoms with Gasteiger partial charge in [0.25, 0.3) is 0 Å². The molecule has 29 heavy (non-hydrogen) atoms. The number of amides is 1. The van der Waals surface area contributed by atoms with Crippen LogP contribution in [0.1, 0.15) is 34.6 Å². The molecule has 0 aromatic heterocycles. The van der Waals surface area contributed by atoms with Crippen LogP contribution in [0.25, 0.3) is 0 Å². The van der Waals surface area contributed by atoms with Crippen LogP contribution in [0.3, 0.4) is 0 Å². The number of thioether (sulfide) groups is 1. The van der Waals surface area contributed by atoms with Crippen LogP contribution >= 0.6 is 11.8 Å². The zero-order chi connectivity index (χ0) is 21.7. The van der Waals surface area contributed by atoms with Crippen LogP contribution in [-0.2, 0) is 14.0 Å². The summed E-state index contributed by atoms with van der Waals surface area (Å²) in [5.41, 5.74) is 0.136. The Morgan fingerprint density at radius 2 is 1.83 bits per heavy atom. The second-order valence-electron chi connectivity index (χ2n) is 9.53. The Balaban J connectivity index is 1.86. The van der Waals surface area contributed by atoms with Crippen LogP contribution in [0, 0.1) is 11.8 Å². The lowest BCUT2D eigenvalue weighted by Gasteiger charge is -2.50. The molecule has 2 heterocycles. The van der Waals surface area contributed by atoms with E-state index in [-0.39, 0.29) is 40.6 Å². The first-order valence-corrected chi connectivity index (χ1v) is 13.8. The molecule has 1 amide bonds. The van der Waals surface area contributed by atoms with Crippen LogP contribution in [0.4, 0.5) is 0 Å². The molecule has 1 fully saturated rings. The first kappa shape index (κ1) is 22.1. The van der Waals surface area contributed by atoms with Gasteiger partial charge in [0, 0.05) is 15.7 Å². The first-order valence-electron chi connectivity index (χ1n) is 10.1. The largest absolute Gasteiger partial charge is 0.477 e. The third-order valence-corrected chi connectivity index (χ3v) is 12.4. The van der Waals surface area contributed by atoms with E-state index in [0.29, 0.717) is 0 Å². The van der Waals surface area contributed by atoms with E-state index in [1.54, 1.807) is 0 Å². The van der Waals surface area contributed by atoms with Crippen molar-refractivity contribution in [2.75, 3.05) is 0 Å². The fraction of sp³-hybridized carbons (Fsp3) is 0.545. The van der Waals surface area contributed by atoms with E-state index >= 15 is 0 Å². The van der Waals surface area contributed by atoms with Gasteiger partial charge < -0.3 is 14.4 Å². The van der Waals surface area contributed by atoms with Crippen LogP contribution < -0.4 is 0 Å². The molecule has 3 rings (SSSR count). The predicted octanol–water partition coefficient (Wildman–Crippen LogP) is 4.96. The highest BCUT2D eigenvalue weighted by Gasteiger charge is 2.61. The summed E-state index contributed by atoms with van der Waals surface area (Å²) in [6, 6.07) is 9.56. The number of β-lactam (4-membered cyclic amide) rings is 1. The highest BCUT2D eigenvalue weighted by atomic mass is 32.2. The Kier molecular flexibility index (Phi) is 5.79. The van der Waals surface area contributed by atoms with E-state index in [1.165, 1.54) is 16.7 Å². The number of benzene rings is 1. The molecule has 7 heteroatoms. The summed E-state index contributed by atoms with van der Waals surface area (Å²) < 4.78 is 6.50. The van der Waals surface area contributed by atoms with E-state index in [2.05, 4.69) is 33.9 Å². The number of carbonyl (C=O) groups excluding carboxylic acids is 1. The number of carboxylic acid groups (broad SMARTS) is 1. The second kappa shape index (κ2) is 7.60. The second-order valence-corrected chi connectivity index (χ2v) is 15.4. The minimum Gasteiger partial charge on any atom is -0.477 e. The van der Waals surface area contributed by atoms with Crippen molar-refractivity contribution in [1.29, 1.82) is 0 Å². The molecule has 0 saturated carbocycles. The molecular weight excluding hydrogens is 402 g/mol. The van der Waals surface area contributed by atoms with Crippen molar-refractivity contribution in [2.45, 2.75) is 69.8 Å². The summed E-state index contributed by atoms with van der Waals surface area (Å²) in [6.07, 6.45) is -0.233. The molecule has 0 aliphatic carbocycles. The van der Waals surface area contributed by atoms with Crippen molar-refractivity contribution in [2.24, 2.45) is 11.8 Å². The third kappa shape index (κ3) is 3.80. The molecule has 1 aromatic carbocycles. The fourth-order valence-corrected chi connectivity index (χ4v) is 6.56. The van der Waals surface area contributed by atoms with Crippen LogP contribution in [0.5, 0.6) is 0 Å². The van der Waals surface area contributed by atoms with E-state index < -0.39 is 14.3 Å². The van der Waals surface area contributed by atoms with Gasteiger partial charge >= 0.3 is 5.97 Å². The van der Waals surface area contributed by atoms with E-state index in [0.717, 1.165) is 9.80 Å². The van der Waals surface area contributed by atoms with Gasteiger partial charge in [0.1, 0.15) is 5.70 Å². The molecule has 5 nitrogen and oxygen atoms in total. The summed E-state index contributed by atoms with van der Waals surface area (Å²) in [5.74, 6) is -1.52. The maximum Gasteiger partial charge on any atom is 0.353 e. The predicted molar refractivity (Wildman–Crippen MR) is 118 cm³/mol. The summed E-state index contributed by atoms with van der Waals surface area (Å²) in [6.45, 7) is 14.9. The van der Waals surface area contributed by atoms with Gasteiger partial charge in [-0.1, -0.05) is 57.7 Å². The molecule has 4 atom stereocenters. The minimum absolute atomic E-state index is 0.0422. The Morgan fingerprint density at radius 3 is 2.34 bits per heavy atom. The average molecular weight is 434 g/mol. The van der Waals surface area contributed by atoms with Gasteiger partial charge in [-0.25, -0.2) is 4.79 Å². The number of fused-ring (bicyclic) bond motifs is 1. The molecule has 1 aromatic rings. The summed E-state index contributed by atoms with van der Waals surface area (Å²) in [5, 5.41) is 9.90. The SMILES string of the molecule is CC1C(Sc2ccccc2)=C(C(=O)O)N2C(=O)[C@H]([C@@H](C)O[Si](C)(C)C(C)(C)C)[C@@H]12. The minimum atomic E-state index is -2.03. The van der Waals surface area contributed by atoms with Crippen LogP contribution in [-0.4, -0.2) is 42.3 Å². The van der Waals surface area contributed by atoms with Gasteiger partial charge in [0.05, 0.1) is 18.1 Å². The van der Waals surface area contributed by atoms with Gasteiger partial charge in [0.15, 0.2) is 8.32 Å². The normalized spacial score (nSPS) is 25.7. The van der Waals surface area contributed by atoms with Crippen molar-refractivity contribution >= 4 is 32.0 Å². The van der Waals surface area contributed by atoms with Gasteiger partial charge in [-0.15, -0.1) is 0 Å². The van der Waals surface area contributed by atoms with Gasteiger partial charge in [-0.3, -0.25) is 4.79 Å². The van der Waals surface area contributed by atoms with E-state index in [1.807, 2.05) is 44.2 Å². The Labute approximate surface area is 178 Å². The van der Waals surface area contributed by atoms with Crippen molar-refractivity contribution < 1.29 is 19.1 Å². The zero-order valence-corrected chi connectivity index (χ0v) is 20.0. The number of nitrogens with zero attached hydrogens (tertiary/aromatic N) is 1. The molecule has 0 spiro atoms. The van der Waals surface area contributed by atoms with Crippen molar-refractivity contribution in [3.63, 3.8) is 0 Å². The van der Waals surface area contributed by atoms with Crippen molar-refractivity contribution in [3.8, 4) is 0 Å². The number of rotatable bonds is 6. The lowest BCUT2D eigenvalue weighted by atomic mass is 9.79. The maximum atomic E-state index is 13.0. The lowest BCUT2D eigenvalue weighted by Crippen LogP contribution is -2.65. The standard InChI is InChI=1S/C22H31NO4SSi/c1-13-17-16(14(2)27-29(6,7)22(3,4)5)20(24)23(17)18(21(25)26)19(13)28-15-11-9-8-10-12-15/h8-14,16-17H,1-7H3,(H,25,26)/t13?,14-,16-,17-/m1/s1. The monoisotopic (exact) mass is 433 g/mol. The van der Waals surface area contributed by atoms with Gasteiger partial charge in [0.2, 0.25) is 5.91 Å². The quantitative estimate of drug-likeness (QED) is 0.507. The Morgan fingerprint density at radius 1 is 1.24 bits per heavy atom. The molecule has 2 aliphatic rings. The third-order valence-electron chi connectivity index (χ3n) is 6.55. The average Bonchev–Trinajstić information content (AvgIpc) is 2.84. The summed E-state index contributed by atoms with van der Waals surface area (Å²) in [4.78, 5) is 28.3. The summed E-state index contributed by atoms with van der Waals surface area (Å²) >= 11 is 1.45. The number of hydrogen-bond donors (Lipinski definition) is 1. The van der Waals surface area contributed by atoms with Crippen LogP contribution in [0.2, 0.25) is 18.1 Å². The maximum absolute atomic E-state index is 13.0. The van der Waals surface area contributed by atoms with Crippen molar-refractivity contribution in [1.82, 2.24) is 4.90 Å². The fourth-order valence-electron chi connectivity index (χ4n) is 3.97. The molecule has 1 N–H and O–H groups in total. The molecule has 1 saturated heterocycles. The topological polar surface area (TPSA) is 66.8 Å². The molecular formula is C22H31NO4SSi. The number of hydrogen-bond acceptors (Lipinski definition) is 4. The Hall–Kier alpha value is -1.57. The van der Waals surface area contributed by atoms with Gasteiger partial charge in [-0.2, -0.15) is 0 Å². The Bertz CT molecular complexity index is 846. The highest BCUT2D eigenvalue weighted by molar-refractivity contribution is 8.03. The number of carbonyl (C=O) groups is 2. The van der Waals surface area contributed by atoms with Gasteiger partial charge in [-0.05, 0) is 37.2 Å². The molecule has 0 bridgehead atoms. The number of carboxylic acids is 1. The number of aliphatic carboxylic acids is 1. The van der Waals surface area contributed by atoms with E-state index in [9.17, 15) is 14.7 Å². The molecule has 0 radical (unpaired) electrons. The molecule has 158 valence electrons. The molecule has 2 aliphatic heterocycles. The first-order chi connectivity index (χ1) is 13.4. The summed E-state index contributed by atoms with van der Waals surface area (Å²) in [7, 11) is -2.03. The highest BCUT2D eigenvalue weighted by Crippen LogP contribution is 2.52. The van der Waals surface area contributed by atoms with E-state index in [4.69, 9.17) is 4.43 Å². The molecule has 1 unspecified atom stereocenters. The van der Waals surface area contributed by atoms with Crippen LogP contribution in [0.15, 0.2) is 45.8 Å².